The molecule has 0 atom stereocenters. The van der Waals surface area contributed by atoms with Gasteiger partial charge in [-0.1, -0.05) is 72.8 Å². The largest absolute Gasteiger partial charge is 0.334 e. The number of rotatable bonds is 5. The van der Waals surface area contributed by atoms with Crippen molar-refractivity contribution in [2.75, 3.05) is 0 Å². The summed E-state index contributed by atoms with van der Waals surface area (Å²) in [5.74, 6) is -0.327. The van der Waals surface area contributed by atoms with Gasteiger partial charge < -0.3 is 10.2 Å². The number of guanidine groups is 1. The zero-order valence-corrected chi connectivity index (χ0v) is 20.0. The molecule has 6 rings (SSSR count). The van der Waals surface area contributed by atoms with Crippen LogP contribution in [0.2, 0.25) is 0 Å². The van der Waals surface area contributed by atoms with Crippen LogP contribution in [0.3, 0.4) is 0 Å². The Balaban J connectivity index is 1.28. The second-order valence-electron chi connectivity index (χ2n) is 9.20. The average molecular weight is 489 g/mol. The molecule has 0 spiro atoms. The summed E-state index contributed by atoms with van der Waals surface area (Å²) in [5.41, 5.74) is 3.43. The van der Waals surface area contributed by atoms with Crippen molar-refractivity contribution in [1.82, 2.24) is 25.1 Å². The molecule has 3 aromatic carbocycles. The third-order valence-electron chi connectivity index (χ3n) is 6.94. The summed E-state index contributed by atoms with van der Waals surface area (Å²) in [6.45, 7) is 1.07. The summed E-state index contributed by atoms with van der Waals surface area (Å²) in [6, 6.07) is 26.2. The lowest BCUT2D eigenvalue weighted by atomic mass is 9.82. The summed E-state index contributed by atoms with van der Waals surface area (Å²) in [4.78, 5) is 38.8. The molecule has 37 heavy (non-hydrogen) atoms. The second-order valence-corrected chi connectivity index (χ2v) is 9.20. The van der Waals surface area contributed by atoms with Crippen molar-refractivity contribution in [2.24, 2.45) is 0 Å². The Hall–Kier alpha value is -4.85. The van der Waals surface area contributed by atoms with Crippen LogP contribution in [0.4, 0.5) is 0 Å². The first-order valence-corrected chi connectivity index (χ1v) is 12.0. The molecule has 0 aliphatic carbocycles. The number of fused-ring (bicyclic) bond motifs is 1. The van der Waals surface area contributed by atoms with Gasteiger partial charge in [0.15, 0.2) is 11.5 Å². The molecule has 1 aromatic heterocycles. The molecule has 4 aromatic rings. The average Bonchev–Trinajstić information content (AvgIpc) is 3.49. The molecule has 0 bridgehead atoms. The van der Waals surface area contributed by atoms with Crippen molar-refractivity contribution in [3.05, 3.63) is 131 Å². The third kappa shape index (κ3) is 3.83. The van der Waals surface area contributed by atoms with E-state index in [-0.39, 0.29) is 24.3 Å². The van der Waals surface area contributed by atoms with E-state index < -0.39 is 5.54 Å². The summed E-state index contributed by atoms with van der Waals surface area (Å²) < 4.78 is 0. The van der Waals surface area contributed by atoms with E-state index in [1.807, 2.05) is 72.8 Å². The zero-order valence-electron chi connectivity index (χ0n) is 20.0. The smallest absolute Gasteiger partial charge is 0.264 e. The van der Waals surface area contributed by atoms with E-state index in [1.165, 1.54) is 11.2 Å². The van der Waals surface area contributed by atoms with Crippen LogP contribution >= 0.6 is 0 Å². The first-order chi connectivity index (χ1) is 18.1. The molecule has 182 valence electrons. The fraction of sp³-hybridized carbons (Fsp3) is 0.138. The van der Waals surface area contributed by atoms with Crippen LogP contribution in [0.15, 0.2) is 97.5 Å². The predicted octanol–water partition coefficient (Wildman–Crippen LogP) is 3.44. The van der Waals surface area contributed by atoms with E-state index >= 15 is 0 Å². The highest BCUT2D eigenvalue weighted by atomic mass is 16.2. The van der Waals surface area contributed by atoms with Crippen LogP contribution < -0.4 is 5.32 Å². The van der Waals surface area contributed by atoms with E-state index in [0.717, 1.165) is 27.9 Å². The van der Waals surface area contributed by atoms with Crippen molar-refractivity contribution >= 4 is 17.8 Å². The van der Waals surface area contributed by atoms with Gasteiger partial charge in [0, 0.05) is 23.9 Å². The molecule has 2 aliphatic heterocycles. The van der Waals surface area contributed by atoms with Crippen molar-refractivity contribution in [3.63, 3.8) is 0 Å². The number of amides is 2. The molecule has 1 saturated heterocycles. The number of nitrogens with zero attached hydrogens (tertiary/aromatic N) is 4. The Morgan fingerprint density at radius 2 is 1.65 bits per heavy atom. The van der Waals surface area contributed by atoms with E-state index in [4.69, 9.17) is 5.41 Å². The fourth-order valence-corrected chi connectivity index (χ4v) is 5.10. The highest BCUT2D eigenvalue weighted by molar-refractivity contribution is 6.10. The maximum Gasteiger partial charge on any atom is 0.264 e. The van der Waals surface area contributed by atoms with Gasteiger partial charge in [-0.25, -0.2) is 9.97 Å². The molecular weight excluding hydrogens is 464 g/mol. The van der Waals surface area contributed by atoms with Crippen LogP contribution in [0.5, 0.6) is 0 Å². The molecule has 3 heterocycles. The SMILES string of the molecule is N=C1NC(c2ccccc2)(c2ccccc2)C(=O)N1Cc1cccc(C(=O)N2Cc3cncnc3C2)c1. The van der Waals surface area contributed by atoms with Gasteiger partial charge in [0.2, 0.25) is 0 Å². The molecule has 1 fully saturated rings. The van der Waals surface area contributed by atoms with E-state index in [9.17, 15) is 9.59 Å². The van der Waals surface area contributed by atoms with Gasteiger partial charge in [0.1, 0.15) is 6.33 Å². The van der Waals surface area contributed by atoms with E-state index in [0.29, 0.717) is 18.7 Å². The summed E-state index contributed by atoms with van der Waals surface area (Å²) in [5, 5.41) is 11.9. The van der Waals surface area contributed by atoms with Gasteiger partial charge in [-0.15, -0.1) is 0 Å². The van der Waals surface area contributed by atoms with Gasteiger partial charge in [-0.3, -0.25) is 19.9 Å². The number of hydrogen-bond donors (Lipinski definition) is 2. The minimum Gasteiger partial charge on any atom is -0.334 e. The molecule has 2 N–H and O–H groups in total. The lowest BCUT2D eigenvalue weighted by Crippen LogP contribution is -2.45. The second kappa shape index (κ2) is 8.98. The minimum absolute atomic E-state index is 0.0167. The summed E-state index contributed by atoms with van der Waals surface area (Å²) >= 11 is 0. The minimum atomic E-state index is -1.20. The molecule has 8 heteroatoms. The Bertz CT molecular complexity index is 1440. The highest BCUT2D eigenvalue weighted by Gasteiger charge is 2.52. The monoisotopic (exact) mass is 488 g/mol. The number of nitrogens with one attached hydrogen (secondary N) is 2. The molecule has 0 radical (unpaired) electrons. The van der Waals surface area contributed by atoms with Crippen LogP contribution in [-0.2, 0) is 30.0 Å². The Kier molecular flexibility index (Phi) is 5.49. The van der Waals surface area contributed by atoms with E-state index in [2.05, 4.69) is 15.3 Å². The van der Waals surface area contributed by atoms with Crippen molar-refractivity contribution < 1.29 is 9.59 Å². The molecule has 2 amide bonds. The van der Waals surface area contributed by atoms with Gasteiger partial charge in [0.25, 0.3) is 11.8 Å². The zero-order chi connectivity index (χ0) is 25.4. The van der Waals surface area contributed by atoms with Crippen molar-refractivity contribution in [3.8, 4) is 0 Å². The standard InChI is InChI=1S/C29H24N6O2/c30-28-33-29(23-10-3-1-4-11-23,24-12-5-2-6-13-24)27(37)35(28)16-20-8-7-9-21(14-20)26(36)34-17-22-15-31-19-32-25(22)18-34/h1-15,19H,16-18H2,(H2,30,33). The topological polar surface area (TPSA) is 102 Å². The lowest BCUT2D eigenvalue weighted by molar-refractivity contribution is -0.130. The Labute approximate surface area is 214 Å². The number of benzene rings is 3. The predicted molar refractivity (Wildman–Crippen MR) is 137 cm³/mol. The maximum absolute atomic E-state index is 14.0. The molecular formula is C29H24N6O2. The van der Waals surface area contributed by atoms with Crippen molar-refractivity contribution in [2.45, 2.75) is 25.2 Å². The Morgan fingerprint density at radius 1 is 0.946 bits per heavy atom. The number of hydrogen-bond acceptors (Lipinski definition) is 5. The number of aromatic nitrogens is 2. The van der Waals surface area contributed by atoms with Crippen LogP contribution in [0.25, 0.3) is 0 Å². The summed E-state index contributed by atoms with van der Waals surface area (Å²) in [7, 11) is 0. The van der Waals surface area contributed by atoms with E-state index in [1.54, 1.807) is 23.2 Å². The first kappa shape index (κ1) is 22.6. The van der Waals surface area contributed by atoms with Crippen LogP contribution in [0.1, 0.15) is 38.3 Å². The number of carbonyl (C=O) groups excluding carboxylic acids is 2. The first-order valence-electron chi connectivity index (χ1n) is 12.0. The molecule has 2 aliphatic rings. The lowest BCUT2D eigenvalue weighted by Gasteiger charge is -2.28. The van der Waals surface area contributed by atoms with Gasteiger partial charge in [-0.2, -0.15) is 0 Å². The fourth-order valence-electron chi connectivity index (χ4n) is 5.10. The van der Waals surface area contributed by atoms with Crippen LogP contribution in [-0.4, -0.2) is 37.5 Å². The number of carbonyl (C=O) groups is 2. The molecule has 8 nitrogen and oxygen atoms in total. The maximum atomic E-state index is 14.0. The van der Waals surface area contributed by atoms with Gasteiger partial charge in [0.05, 0.1) is 18.8 Å². The van der Waals surface area contributed by atoms with Crippen LogP contribution in [0, 0.1) is 5.41 Å². The normalized spacial score (nSPS) is 16.0. The Morgan fingerprint density at radius 3 is 2.32 bits per heavy atom. The van der Waals surface area contributed by atoms with Crippen molar-refractivity contribution in [1.29, 1.82) is 5.41 Å². The van der Waals surface area contributed by atoms with Gasteiger partial charge in [-0.05, 0) is 28.8 Å². The van der Waals surface area contributed by atoms with Gasteiger partial charge >= 0.3 is 0 Å². The molecule has 0 unspecified atom stereocenters. The quantitative estimate of drug-likeness (QED) is 0.448. The molecule has 0 saturated carbocycles. The highest BCUT2D eigenvalue weighted by Crippen LogP contribution is 2.36. The third-order valence-corrected chi connectivity index (χ3v) is 6.94. The summed E-state index contributed by atoms with van der Waals surface area (Å²) in [6.07, 6.45) is 3.24.